The highest BCUT2D eigenvalue weighted by Gasteiger charge is 2.32. The zero-order chi connectivity index (χ0) is 28.1. The van der Waals surface area contributed by atoms with E-state index in [2.05, 4.69) is 30.9 Å². The fourth-order valence-electron chi connectivity index (χ4n) is 3.20. The molecule has 0 aliphatic carbocycles. The molecule has 4 unspecified atom stereocenters. The number of nitrogens with two attached hydrogens (primary N) is 3. The lowest BCUT2D eigenvalue weighted by Crippen LogP contribution is -2.58. The van der Waals surface area contributed by atoms with Crippen molar-refractivity contribution in [2.24, 2.45) is 28.1 Å². The topological polar surface area (TPSA) is 281 Å². The summed E-state index contributed by atoms with van der Waals surface area (Å²) in [4.78, 5) is 71.3. The van der Waals surface area contributed by atoms with Crippen molar-refractivity contribution >= 4 is 35.6 Å². The zero-order valence-corrected chi connectivity index (χ0v) is 20.6. The number of carbonyl (C=O) groups excluding carboxylic acids is 3. The van der Waals surface area contributed by atoms with Crippen LogP contribution in [0.1, 0.15) is 38.8 Å². The normalized spacial score (nSPS) is 14.1. The Hall–Kier alpha value is -4.21. The molecule has 0 aliphatic rings. The van der Waals surface area contributed by atoms with Gasteiger partial charge < -0.3 is 48.3 Å². The van der Waals surface area contributed by atoms with Gasteiger partial charge in [0.25, 0.3) is 0 Å². The highest BCUT2D eigenvalue weighted by Crippen LogP contribution is 2.07. The van der Waals surface area contributed by atoms with Crippen LogP contribution in [-0.4, -0.2) is 86.5 Å². The van der Waals surface area contributed by atoms with E-state index >= 15 is 0 Å². The maximum Gasteiger partial charge on any atom is 0.326 e. The molecule has 206 valence electrons. The van der Waals surface area contributed by atoms with E-state index in [0.29, 0.717) is 12.1 Å². The number of carbonyl (C=O) groups is 5. The summed E-state index contributed by atoms with van der Waals surface area (Å²) in [6, 6.07) is -5.06. The smallest absolute Gasteiger partial charge is 0.326 e. The van der Waals surface area contributed by atoms with E-state index in [0.717, 1.165) is 0 Å². The van der Waals surface area contributed by atoms with Gasteiger partial charge in [0.1, 0.15) is 18.1 Å². The summed E-state index contributed by atoms with van der Waals surface area (Å²) in [6.45, 7) is 3.38. The number of nitrogens with one attached hydrogen (secondary N) is 4. The molecule has 0 saturated carbocycles. The largest absolute Gasteiger partial charge is 0.481 e. The number of rotatable bonds is 16. The average molecular weight is 526 g/mol. The molecule has 0 spiro atoms. The Morgan fingerprint density at radius 1 is 1.03 bits per heavy atom. The molecule has 3 amide bonds. The molecule has 16 heteroatoms. The van der Waals surface area contributed by atoms with E-state index in [-0.39, 0.29) is 25.3 Å². The van der Waals surface area contributed by atoms with Crippen LogP contribution in [0.3, 0.4) is 0 Å². The Balaban J connectivity index is 2.98. The minimum Gasteiger partial charge on any atom is -0.481 e. The molecule has 4 atom stereocenters. The molecule has 1 aromatic heterocycles. The Morgan fingerprint density at radius 2 is 1.68 bits per heavy atom. The van der Waals surface area contributed by atoms with Crippen molar-refractivity contribution in [2.75, 3.05) is 6.54 Å². The van der Waals surface area contributed by atoms with Crippen LogP contribution in [0.15, 0.2) is 17.5 Å². The van der Waals surface area contributed by atoms with Crippen LogP contribution in [0.2, 0.25) is 0 Å². The third-order valence-electron chi connectivity index (χ3n) is 5.15. The first-order valence-electron chi connectivity index (χ1n) is 11.5. The van der Waals surface area contributed by atoms with Crippen LogP contribution in [0.25, 0.3) is 0 Å². The van der Waals surface area contributed by atoms with Gasteiger partial charge in [0.2, 0.25) is 17.7 Å². The Bertz CT molecular complexity index is 962. The predicted molar refractivity (Wildman–Crippen MR) is 131 cm³/mol. The van der Waals surface area contributed by atoms with E-state index in [1.165, 1.54) is 12.5 Å². The minimum atomic E-state index is -1.70. The molecule has 1 rings (SSSR count). The second-order valence-electron chi connectivity index (χ2n) is 8.63. The molecule has 37 heavy (non-hydrogen) atoms. The minimum absolute atomic E-state index is 0.0916. The van der Waals surface area contributed by atoms with Gasteiger partial charge in [0.05, 0.1) is 18.8 Å². The molecule has 0 saturated heterocycles. The number of guanidine groups is 1. The van der Waals surface area contributed by atoms with Gasteiger partial charge in [-0.25, -0.2) is 9.78 Å². The van der Waals surface area contributed by atoms with E-state index in [4.69, 9.17) is 22.3 Å². The fourth-order valence-corrected chi connectivity index (χ4v) is 3.20. The number of aromatic amines is 1. The van der Waals surface area contributed by atoms with Crippen molar-refractivity contribution in [2.45, 2.75) is 63.7 Å². The maximum atomic E-state index is 13.1. The number of hydrogen-bond donors (Lipinski definition) is 9. The number of H-pyrrole nitrogens is 1. The first-order valence-corrected chi connectivity index (χ1v) is 11.5. The quantitative estimate of drug-likeness (QED) is 0.0595. The molecule has 0 aromatic carbocycles. The number of aromatic nitrogens is 2. The van der Waals surface area contributed by atoms with Crippen molar-refractivity contribution in [3.05, 3.63) is 18.2 Å². The predicted octanol–water partition coefficient (Wildman–Crippen LogP) is -3.00. The van der Waals surface area contributed by atoms with Crippen LogP contribution in [0, 0.1) is 5.92 Å². The highest BCUT2D eigenvalue weighted by molar-refractivity contribution is 5.94. The summed E-state index contributed by atoms with van der Waals surface area (Å²) in [7, 11) is 0. The van der Waals surface area contributed by atoms with Crippen LogP contribution < -0.4 is 33.2 Å². The average Bonchev–Trinajstić information content (AvgIpc) is 3.30. The lowest BCUT2D eigenvalue weighted by molar-refractivity contribution is -0.147. The van der Waals surface area contributed by atoms with Crippen LogP contribution >= 0.6 is 0 Å². The molecule has 1 heterocycles. The second-order valence-corrected chi connectivity index (χ2v) is 8.63. The highest BCUT2D eigenvalue weighted by atomic mass is 16.4. The van der Waals surface area contributed by atoms with Crippen LogP contribution in [0.4, 0.5) is 0 Å². The summed E-state index contributed by atoms with van der Waals surface area (Å²) < 4.78 is 0. The number of aliphatic imine (C=N–C) groups is 1. The van der Waals surface area contributed by atoms with Crippen LogP contribution in [0.5, 0.6) is 0 Å². The van der Waals surface area contributed by atoms with Crippen LogP contribution in [-0.2, 0) is 30.4 Å². The summed E-state index contributed by atoms with van der Waals surface area (Å²) >= 11 is 0. The number of hydrogen-bond acceptors (Lipinski definition) is 8. The molecular formula is C21H35N9O7. The molecule has 16 nitrogen and oxygen atoms in total. The van der Waals surface area contributed by atoms with E-state index in [1.54, 1.807) is 13.8 Å². The van der Waals surface area contributed by atoms with Crippen molar-refractivity contribution in [3.63, 3.8) is 0 Å². The van der Waals surface area contributed by atoms with Crippen molar-refractivity contribution in [1.82, 2.24) is 25.9 Å². The number of carboxylic acid groups (broad SMARTS) is 2. The first kappa shape index (κ1) is 30.8. The molecule has 0 radical (unpaired) electrons. The van der Waals surface area contributed by atoms with Gasteiger partial charge in [-0.15, -0.1) is 0 Å². The number of aliphatic carboxylic acids is 2. The summed E-state index contributed by atoms with van der Waals surface area (Å²) in [5.74, 6) is -5.87. The zero-order valence-electron chi connectivity index (χ0n) is 20.6. The van der Waals surface area contributed by atoms with Gasteiger partial charge in [0, 0.05) is 24.9 Å². The van der Waals surface area contributed by atoms with Crippen molar-refractivity contribution in [1.29, 1.82) is 0 Å². The third-order valence-corrected chi connectivity index (χ3v) is 5.15. The lowest BCUT2D eigenvalue weighted by atomic mass is 10.0. The number of amides is 3. The second kappa shape index (κ2) is 15.0. The molecule has 0 aliphatic heterocycles. The number of imidazole rings is 1. The molecular weight excluding hydrogens is 490 g/mol. The van der Waals surface area contributed by atoms with Crippen molar-refractivity contribution < 1.29 is 34.2 Å². The standard InChI is InChI=1S/C21H35N9O7/c1-10(2)16(19(35)29-14(20(36)37)7-15(31)32)30-18(34)13(4-3-5-26-21(23)24)28-17(33)12(22)6-11-8-25-9-27-11/h8-10,12-14,16H,3-7,22H2,1-2H3,(H,25,27)(H,28,33)(H,29,35)(H,30,34)(H,31,32)(H,36,37)(H4,23,24,26). The Labute approximate surface area is 212 Å². The van der Waals surface area contributed by atoms with E-state index in [9.17, 15) is 29.1 Å². The Kier molecular flexibility index (Phi) is 12.5. The van der Waals surface area contributed by atoms with Gasteiger partial charge >= 0.3 is 11.9 Å². The summed E-state index contributed by atoms with van der Waals surface area (Å²) in [5, 5.41) is 25.3. The van der Waals surface area contributed by atoms with E-state index in [1.807, 2.05) is 0 Å². The summed E-state index contributed by atoms with van der Waals surface area (Å²) in [5.41, 5.74) is 17.2. The molecule has 0 bridgehead atoms. The van der Waals surface area contributed by atoms with Gasteiger partial charge in [0.15, 0.2) is 5.96 Å². The molecule has 0 fully saturated rings. The molecule has 12 N–H and O–H groups in total. The Morgan fingerprint density at radius 3 is 2.19 bits per heavy atom. The first-order chi connectivity index (χ1) is 17.3. The van der Waals surface area contributed by atoms with Gasteiger partial charge in [-0.05, 0) is 18.8 Å². The molecule has 1 aromatic rings. The van der Waals surface area contributed by atoms with E-state index < -0.39 is 66.2 Å². The summed E-state index contributed by atoms with van der Waals surface area (Å²) in [6.07, 6.45) is 2.61. The number of nitrogens with zero attached hydrogens (tertiary/aromatic N) is 2. The SMILES string of the molecule is CC(C)C(NC(=O)C(CCCN=C(N)N)NC(=O)C(N)Cc1cnc[nH]1)C(=O)NC(CC(=O)O)C(=O)O. The third kappa shape index (κ3) is 11.4. The van der Waals surface area contributed by atoms with Gasteiger partial charge in [-0.1, -0.05) is 13.8 Å². The van der Waals surface area contributed by atoms with Crippen molar-refractivity contribution in [3.8, 4) is 0 Å². The number of carboxylic acids is 2. The van der Waals surface area contributed by atoms with Gasteiger partial charge in [-0.2, -0.15) is 0 Å². The van der Waals surface area contributed by atoms with Gasteiger partial charge in [-0.3, -0.25) is 24.2 Å². The monoisotopic (exact) mass is 525 g/mol. The lowest BCUT2D eigenvalue weighted by Gasteiger charge is -2.27. The fraction of sp³-hybridized carbons (Fsp3) is 0.571. The maximum absolute atomic E-state index is 13.1.